The Labute approximate surface area is 147 Å². The summed E-state index contributed by atoms with van der Waals surface area (Å²) in [6.07, 6.45) is 0. The number of oxazole rings is 1. The van der Waals surface area contributed by atoms with Crippen LogP contribution in [0, 0.1) is 0 Å². The molecule has 0 atom stereocenters. The number of aromatic nitrogens is 1. The maximum Gasteiger partial charge on any atom is 0.420 e. The molecule has 0 fully saturated rings. The van der Waals surface area contributed by atoms with Crippen LogP contribution in [-0.2, 0) is 6.54 Å². The molecule has 0 N–H and O–H groups in total. The van der Waals surface area contributed by atoms with Gasteiger partial charge in [-0.2, -0.15) is 0 Å². The molecular weight excluding hydrogens is 336 g/mol. The van der Waals surface area contributed by atoms with E-state index in [1.54, 1.807) is 36.4 Å². The van der Waals surface area contributed by atoms with Crippen LogP contribution >= 0.6 is 0 Å². The summed E-state index contributed by atoms with van der Waals surface area (Å²) in [5.74, 6) is -1.47. The van der Waals surface area contributed by atoms with E-state index in [2.05, 4.69) is 0 Å². The molecule has 1 aliphatic heterocycles. The normalized spacial score (nSPS) is 13.5. The quantitative estimate of drug-likeness (QED) is 0.531. The Balaban J connectivity index is 1.62. The molecule has 2 amide bonds. The van der Waals surface area contributed by atoms with Crippen LogP contribution < -0.4 is 5.76 Å². The molecule has 0 unspecified atom stereocenters. The Morgan fingerprint density at radius 3 is 2.23 bits per heavy atom. The molecule has 3 aromatic rings. The number of carbonyl (C=O) groups excluding carboxylic acids is 3. The second-order valence-electron chi connectivity index (χ2n) is 6.07. The van der Waals surface area contributed by atoms with Gasteiger partial charge in [-0.15, -0.1) is 0 Å². The molecule has 26 heavy (non-hydrogen) atoms. The average molecular weight is 350 g/mol. The third-order valence-corrected chi connectivity index (χ3v) is 4.50. The van der Waals surface area contributed by atoms with Gasteiger partial charge in [-0.1, -0.05) is 12.1 Å². The Hall–Kier alpha value is -3.48. The van der Waals surface area contributed by atoms with Gasteiger partial charge in [-0.05, 0) is 37.3 Å². The first-order valence-corrected chi connectivity index (χ1v) is 8.07. The molecule has 1 aliphatic rings. The van der Waals surface area contributed by atoms with Crippen molar-refractivity contribution < 1.29 is 18.8 Å². The van der Waals surface area contributed by atoms with Crippen molar-refractivity contribution in [3.05, 3.63) is 69.7 Å². The lowest BCUT2D eigenvalue weighted by atomic mass is 10.1. The van der Waals surface area contributed by atoms with Gasteiger partial charge in [0.1, 0.15) is 0 Å². The number of rotatable bonds is 4. The van der Waals surface area contributed by atoms with Crippen molar-refractivity contribution in [3.63, 3.8) is 0 Å². The number of Topliss-reactive ketones (excluding diaryl/α,β-unsaturated/α-hetero) is 1. The second kappa shape index (κ2) is 5.80. The van der Waals surface area contributed by atoms with Crippen LogP contribution in [0.25, 0.3) is 11.1 Å². The number of nitrogens with zero attached hydrogens (tertiary/aromatic N) is 2. The lowest BCUT2D eigenvalue weighted by molar-refractivity contribution is 0.0648. The summed E-state index contributed by atoms with van der Waals surface area (Å²) in [7, 11) is 0. The predicted octanol–water partition coefficient (Wildman–Crippen LogP) is 2.09. The summed E-state index contributed by atoms with van der Waals surface area (Å²) in [6, 6.07) is 11.4. The monoisotopic (exact) mass is 350 g/mol. The van der Waals surface area contributed by atoms with Crippen LogP contribution in [0.3, 0.4) is 0 Å². The molecule has 7 nitrogen and oxygen atoms in total. The van der Waals surface area contributed by atoms with E-state index in [1.807, 2.05) is 0 Å². The maximum absolute atomic E-state index is 12.4. The zero-order chi connectivity index (χ0) is 18.4. The first-order valence-electron chi connectivity index (χ1n) is 8.07. The minimum absolute atomic E-state index is 0.0509. The van der Waals surface area contributed by atoms with Crippen molar-refractivity contribution in [1.82, 2.24) is 9.47 Å². The third kappa shape index (κ3) is 2.36. The summed E-state index contributed by atoms with van der Waals surface area (Å²) >= 11 is 0. The van der Waals surface area contributed by atoms with E-state index in [-0.39, 0.29) is 30.7 Å². The van der Waals surface area contributed by atoms with Crippen molar-refractivity contribution in [2.75, 3.05) is 6.54 Å². The molecule has 7 heteroatoms. The van der Waals surface area contributed by atoms with Gasteiger partial charge in [-0.25, -0.2) is 4.79 Å². The van der Waals surface area contributed by atoms with Gasteiger partial charge in [0, 0.05) is 18.7 Å². The molecule has 0 saturated heterocycles. The highest BCUT2D eigenvalue weighted by Crippen LogP contribution is 2.22. The Bertz CT molecular complexity index is 1100. The van der Waals surface area contributed by atoms with E-state index in [4.69, 9.17) is 4.42 Å². The van der Waals surface area contributed by atoms with Crippen LogP contribution in [-0.4, -0.2) is 33.6 Å². The summed E-state index contributed by atoms with van der Waals surface area (Å²) in [6.45, 7) is 1.59. The molecule has 1 aromatic heterocycles. The zero-order valence-electron chi connectivity index (χ0n) is 13.9. The predicted molar refractivity (Wildman–Crippen MR) is 92.3 cm³/mol. The maximum atomic E-state index is 12.4. The molecule has 0 spiro atoms. The van der Waals surface area contributed by atoms with E-state index in [0.29, 0.717) is 27.8 Å². The zero-order valence-corrected chi connectivity index (χ0v) is 13.9. The number of fused-ring (bicyclic) bond motifs is 2. The first-order chi connectivity index (χ1) is 12.5. The van der Waals surface area contributed by atoms with E-state index in [1.165, 1.54) is 17.6 Å². The number of hydrogen-bond donors (Lipinski definition) is 0. The smallest absolute Gasteiger partial charge is 0.408 e. The number of imide groups is 1. The molecule has 0 bridgehead atoms. The van der Waals surface area contributed by atoms with Crippen molar-refractivity contribution in [1.29, 1.82) is 0 Å². The van der Waals surface area contributed by atoms with E-state index >= 15 is 0 Å². The van der Waals surface area contributed by atoms with Gasteiger partial charge in [0.15, 0.2) is 11.4 Å². The van der Waals surface area contributed by atoms with Crippen LogP contribution in [0.15, 0.2) is 51.7 Å². The number of amides is 2. The van der Waals surface area contributed by atoms with Gasteiger partial charge >= 0.3 is 5.76 Å². The Morgan fingerprint density at radius 2 is 1.62 bits per heavy atom. The Morgan fingerprint density at radius 1 is 0.962 bits per heavy atom. The topological polar surface area (TPSA) is 89.6 Å². The molecule has 130 valence electrons. The van der Waals surface area contributed by atoms with E-state index < -0.39 is 5.76 Å². The molecule has 0 aliphatic carbocycles. The number of hydrogen-bond acceptors (Lipinski definition) is 5. The van der Waals surface area contributed by atoms with Crippen molar-refractivity contribution in [2.45, 2.75) is 13.5 Å². The van der Waals surface area contributed by atoms with Crippen LogP contribution in [0.4, 0.5) is 0 Å². The standard InChI is InChI=1S/C19H14N2O5/c1-11(22)12-6-7-15-16(10-12)26-19(25)20(15)8-9-21-17(23)13-4-2-3-5-14(13)18(21)24/h2-7,10H,8-9H2,1H3. The number of benzene rings is 2. The minimum Gasteiger partial charge on any atom is -0.408 e. The third-order valence-electron chi connectivity index (χ3n) is 4.50. The highest BCUT2D eigenvalue weighted by Gasteiger charge is 2.34. The fraction of sp³-hybridized carbons (Fsp3) is 0.158. The molecule has 2 aromatic carbocycles. The highest BCUT2D eigenvalue weighted by molar-refractivity contribution is 6.21. The summed E-state index contributed by atoms with van der Waals surface area (Å²) in [4.78, 5) is 49.5. The SMILES string of the molecule is CC(=O)c1ccc2c(c1)oc(=O)n2CCN1C(=O)c2ccccc2C1=O. The molecule has 4 rings (SSSR count). The van der Waals surface area contributed by atoms with Crippen molar-refractivity contribution >= 4 is 28.7 Å². The lowest BCUT2D eigenvalue weighted by Crippen LogP contribution is -2.34. The largest absolute Gasteiger partial charge is 0.420 e. The second-order valence-corrected chi connectivity index (χ2v) is 6.07. The molecule has 2 heterocycles. The van der Waals surface area contributed by atoms with Gasteiger partial charge in [0.2, 0.25) is 0 Å². The average Bonchev–Trinajstić information content (AvgIpc) is 3.07. The van der Waals surface area contributed by atoms with Crippen LogP contribution in [0.2, 0.25) is 0 Å². The van der Waals surface area contributed by atoms with E-state index in [0.717, 1.165) is 4.90 Å². The number of carbonyl (C=O) groups is 3. The first kappa shape index (κ1) is 16.0. The molecular formula is C19H14N2O5. The van der Waals surface area contributed by atoms with Gasteiger partial charge in [-0.3, -0.25) is 23.9 Å². The summed E-state index contributed by atoms with van der Waals surface area (Å²) < 4.78 is 6.54. The van der Waals surface area contributed by atoms with Crippen LogP contribution in [0.1, 0.15) is 38.0 Å². The van der Waals surface area contributed by atoms with Gasteiger partial charge in [0.25, 0.3) is 11.8 Å². The number of ketones is 1. The molecule has 0 saturated carbocycles. The van der Waals surface area contributed by atoms with Crippen molar-refractivity contribution in [3.8, 4) is 0 Å². The summed E-state index contributed by atoms with van der Waals surface area (Å²) in [5, 5.41) is 0. The van der Waals surface area contributed by atoms with Crippen LogP contribution in [0.5, 0.6) is 0 Å². The molecule has 0 radical (unpaired) electrons. The lowest BCUT2D eigenvalue weighted by Gasteiger charge is -2.13. The minimum atomic E-state index is -0.600. The fourth-order valence-corrected chi connectivity index (χ4v) is 3.14. The van der Waals surface area contributed by atoms with Gasteiger partial charge in [0.05, 0.1) is 16.6 Å². The van der Waals surface area contributed by atoms with E-state index in [9.17, 15) is 19.2 Å². The van der Waals surface area contributed by atoms with Gasteiger partial charge < -0.3 is 4.42 Å². The Kier molecular flexibility index (Phi) is 3.57. The summed E-state index contributed by atoms with van der Waals surface area (Å²) in [5.41, 5.74) is 1.99. The fourth-order valence-electron chi connectivity index (χ4n) is 3.14. The van der Waals surface area contributed by atoms with Crippen molar-refractivity contribution in [2.24, 2.45) is 0 Å². The highest BCUT2D eigenvalue weighted by atomic mass is 16.4.